The van der Waals surface area contributed by atoms with Crippen molar-refractivity contribution < 1.29 is 4.74 Å². The third kappa shape index (κ3) is 5.38. The second-order valence-electron chi connectivity index (χ2n) is 6.82. The van der Waals surface area contributed by atoms with Crippen molar-refractivity contribution in [3.05, 3.63) is 18.0 Å². The fourth-order valence-corrected chi connectivity index (χ4v) is 3.28. The van der Waals surface area contributed by atoms with Gasteiger partial charge in [0, 0.05) is 51.6 Å². The quantitative estimate of drug-likeness (QED) is 0.735. The van der Waals surface area contributed by atoms with Crippen LogP contribution in [-0.2, 0) is 18.3 Å². The van der Waals surface area contributed by atoms with Crippen molar-refractivity contribution in [2.24, 2.45) is 13.0 Å². The molecule has 1 aromatic heterocycles. The largest absolute Gasteiger partial charge is 0.383 e. The summed E-state index contributed by atoms with van der Waals surface area (Å²) in [5.74, 6) is 0.809. The molecule has 0 bridgehead atoms. The number of ether oxygens (including phenoxy) is 1. The van der Waals surface area contributed by atoms with Crippen LogP contribution in [0.4, 0.5) is 0 Å². The van der Waals surface area contributed by atoms with E-state index in [4.69, 9.17) is 4.74 Å². The molecule has 126 valence electrons. The SMILES string of the molecule is COCCN(Cc1cnn(C)c1)CC1CCN(C(C)C)CC1. The molecule has 0 unspecified atom stereocenters. The van der Waals surface area contributed by atoms with Crippen LogP contribution < -0.4 is 0 Å². The van der Waals surface area contributed by atoms with Gasteiger partial charge in [-0.1, -0.05) is 0 Å². The van der Waals surface area contributed by atoms with Gasteiger partial charge in [0.2, 0.25) is 0 Å². The molecular formula is C17H32N4O. The maximum Gasteiger partial charge on any atom is 0.0589 e. The first kappa shape index (κ1) is 17.4. The molecule has 0 aromatic carbocycles. The molecule has 0 aliphatic carbocycles. The summed E-state index contributed by atoms with van der Waals surface area (Å²) in [6, 6.07) is 0.681. The third-order valence-corrected chi connectivity index (χ3v) is 4.67. The van der Waals surface area contributed by atoms with E-state index < -0.39 is 0 Å². The Morgan fingerprint density at radius 3 is 2.64 bits per heavy atom. The molecule has 0 N–H and O–H groups in total. The van der Waals surface area contributed by atoms with E-state index in [1.165, 1.54) is 38.0 Å². The van der Waals surface area contributed by atoms with Crippen molar-refractivity contribution in [3.63, 3.8) is 0 Å². The second kappa shape index (κ2) is 8.65. The number of hydrogen-bond acceptors (Lipinski definition) is 4. The van der Waals surface area contributed by atoms with E-state index in [-0.39, 0.29) is 0 Å². The number of likely N-dealkylation sites (tertiary alicyclic amines) is 1. The summed E-state index contributed by atoms with van der Waals surface area (Å²) in [5.41, 5.74) is 1.29. The number of rotatable bonds is 8. The van der Waals surface area contributed by atoms with Gasteiger partial charge in [-0.2, -0.15) is 5.10 Å². The van der Waals surface area contributed by atoms with Gasteiger partial charge in [0.25, 0.3) is 0 Å². The van der Waals surface area contributed by atoms with E-state index in [9.17, 15) is 0 Å². The predicted octanol–water partition coefficient (Wildman–Crippen LogP) is 1.99. The van der Waals surface area contributed by atoms with Crippen molar-refractivity contribution in [1.82, 2.24) is 19.6 Å². The van der Waals surface area contributed by atoms with Crippen LogP contribution in [-0.4, -0.2) is 65.5 Å². The van der Waals surface area contributed by atoms with E-state index in [0.29, 0.717) is 6.04 Å². The van der Waals surface area contributed by atoms with Crippen molar-refractivity contribution in [1.29, 1.82) is 0 Å². The molecule has 5 heteroatoms. The zero-order valence-corrected chi connectivity index (χ0v) is 14.7. The number of piperidine rings is 1. The summed E-state index contributed by atoms with van der Waals surface area (Å²) >= 11 is 0. The van der Waals surface area contributed by atoms with E-state index >= 15 is 0 Å². The Morgan fingerprint density at radius 2 is 2.09 bits per heavy atom. The first-order valence-corrected chi connectivity index (χ1v) is 8.51. The number of methoxy groups -OCH3 is 1. The van der Waals surface area contributed by atoms with E-state index in [2.05, 4.69) is 34.9 Å². The molecule has 0 saturated carbocycles. The predicted molar refractivity (Wildman–Crippen MR) is 89.8 cm³/mol. The average Bonchev–Trinajstić information content (AvgIpc) is 2.90. The Balaban J connectivity index is 1.84. The highest BCUT2D eigenvalue weighted by Gasteiger charge is 2.22. The molecule has 1 fully saturated rings. The molecule has 0 amide bonds. The summed E-state index contributed by atoms with van der Waals surface area (Å²) in [6.07, 6.45) is 6.71. The highest BCUT2D eigenvalue weighted by Crippen LogP contribution is 2.20. The van der Waals surface area contributed by atoms with Crippen molar-refractivity contribution in [3.8, 4) is 0 Å². The zero-order chi connectivity index (χ0) is 15.9. The Labute approximate surface area is 135 Å². The Morgan fingerprint density at radius 1 is 1.36 bits per heavy atom. The lowest BCUT2D eigenvalue weighted by atomic mass is 9.95. The van der Waals surface area contributed by atoms with Gasteiger partial charge in [-0.15, -0.1) is 0 Å². The molecule has 1 aliphatic rings. The fraction of sp³-hybridized carbons (Fsp3) is 0.824. The second-order valence-corrected chi connectivity index (χ2v) is 6.82. The molecule has 5 nitrogen and oxygen atoms in total. The lowest BCUT2D eigenvalue weighted by Crippen LogP contribution is -2.42. The summed E-state index contributed by atoms with van der Waals surface area (Å²) in [7, 11) is 3.76. The monoisotopic (exact) mass is 308 g/mol. The lowest BCUT2D eigenvalue weighted by Gasteiger charge is -2.36. The van der Waals surface area contributed by atoms with Gasteiger partial charge in [0.05, 0.1) is 12.8 Å². The Hall–Kier alpha value is -0.910. The van der Waals surface area contributed by atoms with E-state index in [0.717, 1.165) is 25.6 Å². The molecule has 22 heavy (non-hydrogen) atoms. The van der Waals surface area contributed by atoms with Gasteiger partial charge < -0.3 is 9.64 Å². The summed E-state index contributed by atoms with van der Waals surface area (Å²) < 4.78 is 7.16. The van der Waals surface area contributed by atoms with Gasteiger partial charge in [0.1, 0.15) is 0 Å². The molecule has 2 heterocycles. The summed E-state index contributed by atoms with van der Waals surface area (Å²) in [5, 5.41) is 4.28. The maximum absolute atomic E-state index is 5.28. The zero-order valence-electron chi connectivity index (χ0n) is 14.7. The number of hydrogen-bond donors (Lipinski definition) is 0. The van der Waals surface area contributed by atoms with Gasteiger partial charge >= 0.3 is 0 Å². The molecule has 0 atom stereocenters. The molecular weight excluding hydrogens is 276 g/mol. The van der Waals surface area contributed by atoms with Crippen LogP contribution in [0.15, 0.2) is 12.4 Å². The molecule has 2 rings (SSSR count). The number of aromatic nitrogens is 2. The maximum atomic E-state index is 5.28. The van der Waals surface area contributed by atoms with Crippen LogP contribution in [0, 0.1) is 5.92 Å². The van der Waals surface area contributed by atoms with Crippen LogP contribution >= 0.6 is 0 Å². The average molecular weight is 308 g/mol. The van der Waals surface area contributed by atoms with E-state index in [1.54, 1.807) is 7.11 Å². The van der Waals surface area contributed by atoms with Gasteiger partial charge in [0.15, 0.2) is 0 Å². The normalized spacial score (nSPS) is 17.7. The number of aryl methyl sites for hydroxylation is 1. The first-order chi connectivity index (χ1) is 10.6. The van der Waals surface area contributed by atoms with Crippen molar-refractivity contribution in [2.75, 3.05) is 39.9 Å². The first-order valence-electron chi connectivity index (χ1n) is 8.51. The Kier molecular flexibility index (Phi) is 6.86. The van der Waals surface area contributed by atoms with Crippen LogP contribution in [0.5, 0.6) is 0 Å². The smallest absolute Gasteiger partial charge is 0.0589 e. The number of nitrogens with zero attached hydrogens (tertiary/aromatic N) is 4. The minimum absolute atomic E-state index is 0.681. The van der Waals surface area contributed by atoms with Crippen molar-refractivity contribution in [2.45, 2.75) is 39.3 Å². The van der Waals surface area contributed by atoms with Gasteiger partial charge in [-0.25, -0.2) is 0 Å². The fourth-order valence-electron chi connectivity index (χ4n) is 3.28. The standard InChI is InChI=1S/C17H32N4O/c1-15(2)21-7-5-16(6-8-21)13-20(9-10-22-4)14-17-11-18-19(3)12-17/h11-12,15-16H,5-10,13-14H2,1-4H3. The van der Waals surface area contributed by atoms with Crippen LogP contribution in [0.3, 0.4) is 0 Å². The Bertz CT molecular complexity index is 424. The summed E-state index contributed by atoms with van der Waals surface area (Å²) in [6.45, 7) is 11.0. The molecule has 1 saturated heterocycles. The highest BCUT2D eigenvalue weighted by molar-refractivity contribution is 5.03. The van der Waals surface area contributed by atoms with E-state index in [1.807, 2.05) is 17.9 Å². The van der Waals surface area contributed by atoms with Gasteiger partial charge in [-0.3, -0.25) is 9.58 Å². The van der Waals surface area contributed by atoms with Crippen LogP contribution in [0.25, 0.3) is 0 Å². The lowest BCUT2D eigenvalue weighted by molar-refractivity contribution is 0.0985. The van der Waals surface area contributed by atoms with Crippen LogP contribution in [0.2, 0.25) is 0 Å². The highest BCUT2D eigenvalue weighted by atomic mass is 16.5. The minimum Gasteiger partial charge on any atom is -0.383 e. The van der Waals surface area contributed by atoms with Crippen LogP contribution in [0.1, 0.15) is 32.3 Å². The minimum atomic E-state index is 0.681. The molecule has 1 aromatic rings. The molecule has 1 aliphatic heterocycles. The molecule has 0 radical (unpaired) electrons. The summed E-state index contributed by atoms with van der Waals surface area (Å²) in [4.78, 5) is 5.12. The molecule has 0 spiro atoms. The van der Waals surface area contributed by atoms with Gasteiger partial charge in [-0.05, 0) is 45.7 Å². The third-order valence-electron chi connectivity index (χ3n) is 4.67. The van der Waals surface area contributed by atoms with Crippen molar-refractivity contribution >= 4 is 0 Å². The topological polar surface area (TPSA) is 33.5 Å².